The highest BCUT2D eigenvalue weighted by molar-refractivity contribution is 7.88. The predicted octanol–water partition coefficient (Wildman–Crippen LogP) is 2.57. The first-order valence-electron chi connectivity index (χ1n) is 8.42. The van der Waals surface area contributed by atoms with Gasteiger partial charge in [0.05, 0.1) is 11.9 Å². The number of hydrogen-bond donors (Lipinski definition) is 1. The monoisotopic (exact) mass is 385 g/mol. The average molecular weight is 386 g/mol. The van der Waals surface area contributed by atoms with E-state index in [9.17, 15) is 13.2 Å². The van der Waals surface area contributed by atoms with Crippen LogP contribution in [0.3, 0.4) is 0 Å². The summed E-state index contributed by atoms with van der Waals surface area (Å²) in [6, 6.07) is 5.46. The molecule has 1 saturated heterocycles. The molecular formula is C17H24ClN3O3S. The van der Waals surface area contributed by atoms with Gasteiger partial charge >= 0.3 is 6.03 Å². The van der Waals surface area contributed by atoms with Crippen molar-refractivity contribution in [3.8, 4) is 0 Å². The molecule has 0 spiro atoms. The molecule has 0 radical (unpaired) electrons. The van der Waals surface area contributed by atoms with Crippen LogP contribution in [0.5, 0.6) is 0 Å². The van der Waals surface area contributed by atoms with Gasteiger partial charge in [0.25, 0.3) is 0 Å². The lowest BCUT2D eigenvalue weighted by molar-refractivity contribution is 0.232. The lowest BCUT2D eigenvalue weighted by Gasteiger charge is -2.32. The van der Waals surface area contributed by atoms with Crippen LogP contribution in [-0.4, -0.2) is 50.7 Å². The molecule has 0 saturated carbocycles. The molecule has 1 N–H and O–H groups in total. The third-order valence-corrected chi connectivity index (χ3v) is 6.63. The number of carbonyl (C=O) groups is 1. The maximum Gasteiger partial charge on any atom is 0.322 e. The fourth-order valence-corrected chi connectivity index (χ4v) is 5.03. The summed E-state index contributed by atoms with van der Waals surface area (Å²) >= 11 is 6.35. The summed E-state index contributed by atoms with van der Waals surface area (Å²) in [5, 5.41) is 3.73. The lowest BCUT2D eigenvalue weighted by Crippen LogP contribution is -2.50. The van der Waals surface area contributed by atoms with Gasteiger partial charge in [0.2, 0.25) is 10.0 Å². The van der Waals surface area contributed by atoms with Crippen LogP contribution in [0.4, 0.5) is 10.5 Å². The van der Waals surface area contributed by atoms with Gasteiger partial charge in [-0.05, 0) is 25.0 Å². The number of carbonyl (C=O) groups excluding carboxylic acids is 1. The number of hydrogen-bond acceptors (Lipinski definition) is 3. The Hall–Kier alpha value is -1.31. The second-order valence-corrected chi connectivity index (χ2v) is 9.88. The normalized spacial score (nSPS) is 21.2. The van der Waals surface area contributed by atoms with Gasteiger partial charge in [-0.25, -0.2) is 17.5 Å². The zero-order valence-corrected chi connectivity index (χ0v) is 16.3. The van der Waals surface area contributed by atoms with Crippen molar-refractivity contribution in [3.63, 3.8) is 0 Å². The van der Waals surface area contributed by atoms with E-state index in [2.05, 4.69) is 19.2 Å². The van der Waals surface area contributed by atoms with Crippen molar-refractivity contribution in [2.24, 2.45) is 0 Å². The van der Waals surface area contributed by atoms with Crippen molar-refractivity contribution in [2.75, 3.05) is 30.8 Å². The molecule has 0 atom stereocenters. The first kappa shape index (κ1) is 18.5. The number of halogens is 1. The van der Waals surface area contributed by atoms with Crippen LogP contribution < -0.4 is 10.2 Å². The molecule has 1 aromatic carbocycles. The summed E-state index contributed by atoms with van der Waals surface area (Å²) in [6.07, 6.45) is 2.47. The Morgan fingerprint density at radius 1 is 1.28 bits per heavy atom. The van der Waals surface area contributed by atoms with Crippen LogP contribution >= 0.6 is 11.6 Å². The molecule has 138 valence electrons. The average Bonchev–Trinajstić information content (AvgIpc) is 2.80. The standard InChI is InChI=1S/C17H24ClN3O3S/c1-17(2)11-21(14-6-4-5-13(18)15(14)17)16(22)19-12-7-9-20(10-8-12)25(3,23)24/h4-6,12H,7-11H2,1-3H3,(H,19,22). The van der Waals surface area contributed by atoms with Gasteiger partial charge in [0.1, 0.15) is 0 Å². The maximum absolute atomic E-state index is 12.8. The van der Waals surface area contributed by atoms with Gasteiger partial charge < -0.3 is 5.32 Å². The Labute approximate surface area is 154 Å². The largest absolute Gasteiger partial charge is 0.335 e. The second-order valence-electron chi connectivity index (χ2n) is 7.49. The quantitative estimate of drug-likeness (QED) is 0.850. The van der Waals surface area contributed by atoms with Gasteiger partial charge in [-0.2, -0.15) is 0 Å². The van der Waals surface area contributed by atoms with Crippen molar-refractivity contribution in [1.82, 2.24) is 9.62 Å². The fraction of sp³-hybridized carbons (Fsp3) is 0.588. The molecule has 3 rings (SSSR count). The van der Waals surface area contributed by atoms with Crippen LogP contribution in [0.1, 0.15) is 32.3 Å². The van der Waals surface area contributed by atoms with Gasteiger partial charge in [0, 0.05) is 41.7 Å². The van der Waals surface area contributed by atoms with Crippen molar-refractivity contribution in [3.05, 3.63) is 28.8 Å². The first-order valence-corrected chi connectivity index (χ1v) is 10.6. The Kier molecular flexibility index (Phi) is 4.77. The van der Waals surface area contributed by atoms with E-state index in [1.165, 1.54) is 10.6 Å². The van der Waals surface area contributed by atoms with Gasteiger partial charge in [-0.3, -0.25) is 4.90 Å². The van der Waals surface area contributed by atoms with Crippen LogP contribution in [0.15, 0.2) is 18.2 Å². The van der Waals surface area contributed by atoms with Crippen LogP contribution in [-0.2, 0) is 15.4 Å². The van der Waals surface area contributed by atoms with E-state index >= 15 is 0 Å². The molecular weight excluding hydrogens is 362 g/mol. The topological polar surface area (TPSA) is 69.7 Å². The molecule has 2 amide bonds. The van der Waals surface area contributed by atoms with Crippen molar-refractivity contribution < 1.29 is 13.2 Å². The van der Waals surface area contributed by atoms with E-state index in [1.807, 2.05) is 18.2 Å². The van der Waals surface area contributed by atoms with E-state index in [1.54, 1.807) is 4.90 Å². The predicted molar refractivity (Wildman–Crippen MR) is 99.8 cm³/mol. The van der Waals surface area contributed by atoms with Gasteiger partial charge in [-0.1, -0.05) is 31.5 Å². The minimum atomic E-state index is -3.16. The SMILES string of the molecule is CC1(C)CN(C(=O)NC2CCN(S(C)(=O)=O)CC2)c2cccc(Cl)c21. The molecule has 25 heavy (non-hydrogen) atoms. The van der Waals surface area contributed by atoms with E-state index in [0.29, 0.717) is 37.5 Å². The number of piperidine rings is 1. The highest BCUT2D eigenvalue weighted by Crippen LogP contribution is 2.44. The van der Waals surface area contributed by atoms with Crippen LogP contribution in [0.25, 0.3) is 0 Å². The Morgan fingerprint density at radius 2 is 1.92 bits per heavy atom. The zero-order chi connectivity index (χ0) is 18.4. The van der Waals surface area contributed by atoms with Crippen molar-refractivity contribution in [1.29, 1.82) is 0 Å². The maximum atomic E-state index is 12.8. The number of anilines is 1. The summed E-state index contributed by atoms with van der Waals surface area (Å²) in [5.74, 6) is 0. The molecule has 0 aromatic heterocycles. The summed E-state index contributed by atoms with van der Waals surface area (Å²) in [6.45, 7) is 5.61. The number of urea groups is 1. The zero-order valence-electron chi connectivity index (χ0n) is 14.8. The first-order chi connectivity index (χ1) is 11.6. The molecule has 6 nitrogen and oxygen atoms in total. The molecule has 0 unspecified atom stereocenters. The minimum absolute atomic E-state index is 0.0168. The van der Waals surface area contributed by atoms with E-state index in [0.717, 1.165) is 11.3 Å². The summed E-state index contributed by atoms with van der Waals surface area (Å²) in [4.78, 5) is 14.5. The van der Waals surface area contributed by atoms with E-state index < -0.39 is 10.0 Å². The molecule has 1 aromatic rings. The molecule has 8 heteroatoms. The van der Waals surface area contributed by atoms with Crippen LogP contribution in [0, 0.1) is 0 Å². The summed E-state index contributed by atoms with van der Waals surface area (Å²) in [7, 11) is -3.16. The number of nitrogens with zero attached hydrogens (tertiary/aromatic N) is 2. The second kappa shape index (κ2) is 6.45. The smallest absolute Gasteiger partial charge is 0.322 e. The number of amides is 2. The molecule has 0 aliphatic carbocycles. The molecule has 2 heterocycles. The minimum Gasteiger partial charge on any atom is -0.335 e. The number of sulfonamides is 1. The fourth-order valence-electron chi connectivity index (χ4n) is 3.73. The number of fused-ring (bicyclic) bond motifs is 1. The van der Waals surface area contributed by atoms with Gasteiger partial charge in [-0.15, -0.1) is 0 Å². The van der Waals surface area contributed by atoms with E-state index in [-0.39, 0.29) is 17.5 Å². The Morgan fingerprint density at radius 3 is 2.52 bits per heavy atom. The molecule has 1 fully saturated rings. The summed E-state index contributed by atoms with van der Waals surface area (Å²) in [5.41, 5.74) is 1.65. The third kappa shape index (κ3) is 3.64. The molecule has 2 aliphatic heterocycles. The number of benzene rings is 1. The van der Waals surface area contributed by atoms with Crippen molar-refractivity contribution in [2.45, 2.75) is 38.1 Å². The summed E-state index contributed by atoms with van der Waals surface area (Å²) < 4.78 is 24.6. The third-order valence-electron chi connectivity index (χ3n) is 5.01. The number of nitrogens with one attached hydrogen (secondary N) is 1. The highest BCUT2D eigenvalue weighted by atomic mass is 35.5. The van der Waals surface area contributed by atoms with E-state index in [4.69, 9.17) is 11.6 Å². The Bertz CT molecular complexity index is 786. The van der Waals surface area contributed by atoms with Crippen molar-refractivity contribution >= 4 is 33.3 Å². The Balaban J connectivity index is 1.69. The highest BCUT2D eigenvalue weighted by Gasteiger charge is 2.40. The molecule has 0 bridgehead atoms. The molecule has 2 aliphatic rings. The van der Waals surface area contributed by atoms with Gasteiger partial charge in [0.15, 0.2) is 0 Å². The van der Waals surface area contributed by atoms with Crippen LogP contribution in [0.2, 0.25) is 5.02 Å². The lowest BCUT2D eigenvalue weighted by atomic mass is 9.87. The number of rotatable bonds is 2.